The highest BCUT2D eigenvalue weighted by Crippen LogP contribution is 2.43. The van der Waals surface area contributed by atoms with Crippen LogP contribution in [0.5, 0.6) is 0 Å². The smallest absolute Gasteiger partial charge is 0.164 e. The first-order valence-corrected chi connectivity index (χ1v) is 16.7. The molecular formula is C45H28N4S. The molecule has 10 rings (SSSR count). The van der Waals surface area contributed by atoms with Crippen molar-refractivity contribution >= 4 is 53.3 Å². The molecule has 0 fully saturated rings. The number of hydrogen-bond acceptors (Lipinski definition) is 4. The summed E-state index contributed by atoms with van der Waals surface area (Å²) >= 11 is 1.02. The Kier molecular flexibility index (Phi) is 4.69. The van der Waals surface area contributed by atoms with Crippen LogP contribution in [0.15, 0.2) is 170 Å². The minimum Gasteiger partial charge on any atom is -0.309 e. The zero-order valence-electron chi connectivity index (χ0n) is 36.1. The molecular weight excluding hydrogens is 629 g/mol. The number of thiophene rings is 1. The summed E-state index contributed by atoms with van der Waals surface area (Å²) in [6, 6.07) is 30.8. The maximum Gasteiger partial charge on any atom is 0.164 e. The van der Waals surface area contributed by atoms with E-state index in [1.165, 1.54) is 0 Å². The number of rotatable bonds is 5. The average molecular weight is 667 g/mol. The number of nitrogens with zero attached hydrogens (tertiary/aromatic N) is 4. The molecule has 0 radical (unpaired) electrons. The van der Waals surface area contributed by atoms with Crippen LogP contribution in [0.3, 0.4) is 0 Å². The first-order chi connectivity index (χ1) is 28.9. The quantitative estimate of drug-likeness (QED) is 0.184. The van der Waals surface area contributed by atoms with E-state index in [0.717, 1.165) is 33.6 Å². The normalized spacial score (nSPS) is 14.4. The van der Waals surface area contributed by atoms with Gasteiger partial charge >= 0.3 is 0 Å². The fourth-order valence-corrected chi connectivity index (χ4v) is 7.55. The van der Waals surface area contributed by atoms with Gasteiger partial charge in [0, 0.05) is 53.3 Å². The molecule has 4 nitrogen and oxygen atoms in total. The summed E-state index contributed by atoms with van der Waals surface area (Å²) in [6.07, 6.45) is 0. The van der Waals surface area contributed by atoms with E-state index in [-0.39, 0.29) is 73.5 Å². The topological polar surface area (TPSA) is 43.6 Å². The van der Waals surface area contributed by atoms with Gasteiger partial charge in [-0.2, -0.15) is 0 Å². The van der Waals surface area contributed by atoms with Gasteiger partial charge in [-0.1, -0.05) is 133 Å². The predicted molar refractivity (Wildman–Crippen MR) is 209 cm³/mol. The van der Waals surface area contributed by atoms with Gasteiger partial charge in [0.1, 0.15) is 0 Å². The van der Waals surface area contributed by atoms with E-state index in [9.17, 15) is 4.11 Å². The van der Waals surface area contributed by atoms with Crippen molar-refractivity contribution in [3.05, 3.63) is 170 Å². The Morgan fingerprint density at radius 2 is 1.06 bits per heavy atom. The van der Waals surface area contributed by atoms with E-state index in [4.69, 9.17) is 24.5 Å². The molecule has 0 atom stereocenters. The van der Waals surface area contributed by atoms with Crippen molar-refractivity contribution in [2.24, 2.45) is 0 Å². The third-order valence-corrected chi connectivity index (χ3v) is 9.85. The molecule has 10 aromatic rings. The van der Waals surface area contributed by atoms with E-state index in [2.05, 4.69) is 0 Å². The molecule has 0 aliphatic heterocycles. The van der Waals surface area contributed by atoms with Crippen LogP contribution in [-0.4, -0.2) is 19.5 Å². The Hall–Kier alpha value is -6.43. The second-order valence-electron chi connectivity index (χ2n) is 11.7. The van der Waals surface area contributed by atoms with Crippen LogP contribution in [-0.2, 0) is 0 Å². The van der Waals surface area contributed by atoms with Gasteiger partial charge in [-0.25, -0.2) is 15.0 Å². The molecule has 3 aromatic heterocycles. The van der Waals surface area contributed by atoms with Gasteiger partial charge in [0.25, 0.3) is 0 Å². The Morgan fingerprint density at radius 1 is 0.460 bits per heavy atom. The lowest BCUT2D eigenvalue weighted by Crippen LogP contribution is -2.01. The Bertz CT molecular complexity index is 3440. The SMILES string of the molecule is [2H]c1c([2H])c([2H])c2c(sc3c2c([2H])c([2H])c2c3c3c([2H])c([2H])c([2H])c([2H])c3n2-c2cccc(-c3nc(-c4ccccc4)nc(-c4cccc(-c5ccccc5)c4)n3)c2)c1[2H]. The Morgan fingerprint density at radius 3 is 1.84 bits per heavy atom. The van der Waals surface area contributed by atoms with Crippen LogP contribution >= 0.6 is 11.3 Å². The van der Waals surface area contributed by atoms with Crippen molar-refractivity contribution in [2.45, 2.75) is 0 Å². The molecule has 7 aromatic carbocycles. The van der Waals surface area contributed by atoms with Crippen LogP contribution in [0.25, 0.3) is 93.0 Å². The second kappa shape index (κ2) is 11.6. The lowest BCUT2D eigenvalue weighted by atomic mass is 10.0. The molecule has 0 amide bonds. The molecule has 234 valence electrons. The number of hydrogen-bond donors (Lipinski definition) is 0. The van der Waals surface area contributed by atoms with E-state index in [1.54, 1.807) is 22.8 Å². The highest BCUT2D eigenvalue weighted by atomic mass is 32.1. The molecule has 50 heavy (non-hydrogen) atoms. The van der Waals surface area contributed by atoms with Gasteiger partial charge < -0.3 is 4.57 Å². The van der Waals surface area contributed by atoms with Crippen molar-refractivity contribution in [2.75, 3.05) is 0 Å². The minimum atomic E-state index is -0.484. The Labute approximate surface area is 306 Å². The molecule has 0 spiro atoms. The molecule has 0 bridgehead atoms. The molecule has 0 aliphatic rings. The first-order valence-electron chi connectivity index (χ1n) is 20.9. The second-order valence-corrected chi connectivity index (χ2v) is 12.7. The molecule has 0 saturated carbocycles. The minimum absolute atomic E-state index is 0.0737. The van der Waals surface area contributed by atoms with Crippen LogP contribution in [0.2, 0.25) is 0 Å². The summed E-state index contributed by atoms with van der Waals surface area (Å²) in [7, 11) is 0. The summed E-state index contributed by atoms with van der Waals surface area (Å²) in [5, 5.41) is 0.582. The Balaban J connectivity index is 1.26. The lowest BCUT2D eigenvalue weighted by molar-refractivity contribution is 1.07. The first kappa shape index (κ1) is 20.2. The van der Waals surface area contributed by atoms with Gasteiger partial charge in [0.2, 0.25) is 0 Å². The molecule has 3 heterocycles. The summed E-state index contributed by atoms with van der Waals surface area (Å²) < 4.78 is 90.7. The molecule has 0 N–H and O–H groups in total. The monoisotopic (exact) mass is 666 g/mol. The maximum atomic E-state index is 9.47. The van der Waals surface area contributed by atoms with Gasteiger partial charge in [-0.3, -0.25) is 0 Å². The van der Waals surface area contributed by atoms with Crippen molar-refractivity contribution in [3.8, 4) is 51.0 Å². The van der Waals surface area contributed by atoms with E-state index >= 15 is 0 Å². The van der Waals surface area contributed by atoms with E-state index in [1.807, 2.05) is 91.0 Å². The van der Waals surface area contributed by atoms with Gasteiger partial charge in [0.15, 0.2) is 17.5 Å². The molecule has 0 unspecified atom stereocenters. The zero-order valence-corrected chi connectivity index (χ0v) is 26.9. The summed E-state index contributed by atoms with van der Waals surface area (Å²) in [5.41, 5.74) is 4.72. The van der Waals surface area contributed by atoms with E-state index in [0.29, 0.717) is 33.4 Å². The number of aromatic nitrogens is 4. The predicted octanol–water partition coefficient (Wildman–Crippen LogP) is 12.0. The van der Waals surface area contributed by atoms with Crippen molar-refractivity contribution in [3.63, 3.8) is 0 Å². The van der Waals surface area contributed by atoms with Crippen molar-refractivity contribution in [1.82, 2.24) is 19.5 Å². The number of benzene rings is 7. The average Bonchev–Trinajstić information content (AvgIpc) is 3.87. The van der Waals surface area contributed by atoms with Gasteiger partial charge in [-0.15, -0.1) is 11.3 Å². The van der Waals surface area contributed by atoms with Gasteiger partial charge in [-0.05, 0) is 47.5 Å². The third kappa shape index (κ3) is 4.71. The summed E-state index contributed by atoms with van der Waals surface area (Å²) in [4.78, 5) is 14.8. The van der Waals surface area contributed by atoms with Crippen LogP contribution < -0.4 is 0 Å². The van der Waals surface area contributed by atoms with Crippen LogP contribution in [0.4, 0.5) is 0 Å². The highest BCUT2D eigenvalue weighted by molar-refractivity contribution is 7.26. The summed E-state index contributed by atoms with van der Waals surface area (Å²) in [6.45, 7) is 0. The fourth-order valence-electron chi connectivity index (χ4n) is 6.43. The standard InChI is InChI=1S/C45H28N4S/c1-3-13-29(14-4-1)31-17-11-18-32(27-31)44-46-43(30-15-5-2-6-16-30)47-45(48-44)33-19-12-20-34(28-33)49-38-23-9-7-22-37(38)41-39(49)26-25-36-35-21-8-10-24-40(35)50-42(36)41/h1-28H/i7D,8D,9D,10D,21D,22D,23D,24D,25D,26D. The summed E-state index contributed by atoms with van der Waals surface area (Å²) in [5.74, 6) is 1.20. The molecule has 5 heteroatoms. The number of para-hydroxylation sites is 1. The van der Waals surface area contributed by atoms with Crippen LogP contribution in [0, 0.1) is 0 Å². The molecule has 0 aliphatic carbocycles. The lowest BCUT2D eigenvalue weighted by Gasteiger charge is -2.12. The van der Waals surface area contributed by atoms with E-state index < -0.39 is 24.2 Å². The number of fused-ring (bicyclic) bond motifs is 7. The third-order valence-electron chi connectivity index (χ3n) is 8.73. The van der Waals surface area contributed by atoms with Crippen molar-refractivity contribution in [1.29, 1.82) is 0 Å². The maximum absolute atomic E-state index is 9.47. The van der Waals surface area contributed by atoms with Crippen LogP contribution in [0.1, 0.15) is 13.7 Å². The van der Waals surface area contributed by atoms with Crippen molar-refractivity contribution < 1.29 is 13.7 Å². The highest BCUT2D eigenvalue weighted by Gasteiger charge is 2.19. The largest absolute Gasteiger partial charge is 0.309 e. The molecule has 0 saturated heterocycles. The van der Waals surface area contributed by atoms with Gasteiger partial charge in [0.05, 0.1) is 24.7 Å². The zero-order chi connectivity index (χ0) is 41.7. The fraction of sp³-hybridized carbons (Fsp3) is 0.